The standard InChI is InChI=1S/C22H25NO10/c1-5-30-19(24)16(20(25)31-6-2)12-14-9-10-18(23(28)29)15(11-14)13-17(21(26)32-7-3)22(27)33-8-4/h9-13H,5-8H2,1-4H3. The maximum Gasteiger partial charge on any atom is 0.345 e. The van der Waals surface area contributed by atoms with Crippen molar-refractivity contribution in [2.75, 3.05) is 26.4 Å². The maximum absolute atomic E-state index is 12.2. The molecular weight excluding hydrogens is 438 g/mol. The van der Waals surface area contributed by atoms with Gasteiger partial charge in [0.15, 0.2) is 0 Å². The molecule has 0 aliphatic heterocycles. The highest BCUT2D eigenvalue weighted by Gasteiger charge is 2.25. The monoisotopic (exact) mass is 463 g/mol. The van der Waals surface area contributed by atoms with Crippen molar-refractivity contribution in [3.05, 3.63) is 50.6 Å². The first kappa shape index (κ1) is 27.0. The SMILES string of the molecule is CCOC(=O)C(=Cc1ccc([N+](=O)[O-])c(C=C(C(=O)OCC)C(=O)OCC)c1)C(=O)OCC. The van der Waals surface area contributed by atoms with Gasteiger partial charge in [0.2, 0.25) is 0 Å². The summed E-state index contributed by atoms with van der Waals surface area (Å²) in [6.07, 6.45) is 2.09. The third-order valence-electron chi connectivity index (χ3n) is 3.84. The Kier molecular flexibility index (Phi) is 11.0. The van der Waals surface area contributed by atoms with Crippen molar-refractivity contribution >= 4 is 41.7 Å². The predicted octanol–water partition coefficient (Wildman–Crippen LogP) is 2.61. The van der Waals surface area contributed by atoms with Crippen LogP contribution < -0.4 is 0 Å². The van der Waals surface area contributed by atoms with E-state index in [0.29, 0.717) is 0 Å². The molecule has 0 saturated carbocycles. The number of esters is 4. The highest BCUT2D eigenvalue weighted by molar-refractivity contribution is 6.18. The maximum atomic E-state index is 12.2. The zero-order valence-corrected chi connectivity index (χ0v) is 18.7. The van der Waals surface area contributed by atoms with E-state index in [1.807, 2.05) is 0 Å². The summed E-state index contributed by atoms with van der Waals surface area (Å²) in [7, 11) is 0. The number of rotatable bonds is 11. The molecule has 0 atom stereocenters. The van der Waals surface area contributed by atoms with E-state index < -0.39 is 45.6 Å². The van der Waals surface area contributed by atoms with Crippen LogP contribution in [-0.4, -0.2) is 55.2 Å². The van der Waals surface area contributed by atoms with Gasteiger partial charge < -0.3 is 18.9 Å². The average Bonchev–Trinajstić information content (AvgIpc) is 2.76. The molecule has 0 saturated heterocycles. The lowest BCUT2D eigenvalue weighted by Gasteiger charge is -2.08. The fourth-order valence-electron chi connectivity index (χ4n) is 2.50. The first-order valence-electron chi connectivity index (χ1n) is 10.1. The quantitative estimate of drug-likeness (QED) is 0.0911. The molecule has 33 heavy (non-hydrogen) atoms. The molecule has 0 amide bonds. The van der Waals surface area contributed by atoms with Gasteiger partial charge in [0.05, 0.1) is 36.9 Å². The van der Waals surface area contributed by atoms with Crippen LogP contribution in [0.1, 0.15) is 38.8 Å². The molecule has 0 fully saturated rings. The number of nitro groups is 1. The molecule has 1 aromatic rings. The van der Waals surface area contributed by atoms with E-state index in [1.165, 1.54) is 26.0 Å². The number of ether oxygens (including phenoxy) is 4. The Balaban J connectivity index is 3.67. The van der Waals surface area contributed by atoms with Crippen LogP contribution >= 0.6 is 0 Å². The van der Waals surface area contributed by atoms with Crippen molar-refractivity contribution in [1.82, 2.24) is 0 Å². The van der Waals surface area contributed by atoms with E-state index in [0.717, 1.165) is 18.2 Å². The molecule has 178 valence electrons. The van der Waals surface area contributed by atoms with Gasteiger partial charge >= 0.3 is 23.9 Å². The molecule has 0 N–H and O–H groups in total. The van der Waals surface area contributed by atoms with Crippen molar-refractivity contribution in [3.8, 4) is 0 Å². The van der Waals surface area contributed by atoms with Gasteiger partial charge in [-0.25, -0.2) is 19.2 Å². The van der Waals surface area contributed by atoms with Gasteiger partial charge in [-0.1, -0.05) is 0 Å². The molecule has 0 bridgehead atoms. The van der Waals surface area contributed by atoms with E-state index in [4.69, 9.17) is 18.9 Å². The third kappa shape index (κ3) is 7.87. The van der Waals surface area contributed by atoms with Crippen LogP contribution in [0.15, 0.2) is 29.3 Å². The van der Waals surface area contributed by atoms with Gasteiger partial charge in [0.1, 0.15) is 11.1 Å². The number of hydrogen-bond donors (Lipinski definition) is 0. The van der Waals surface area contributed by atoms with E-state index >= 15 is 0 Å². The predicted molar refractivity (Wildman–Crippen MR) is 116 cm³/mol. The first-order valence-corrected chi connectivity index (χ1v) is 10.1. The number of carbonyl (C=O) groups is 4. The number of carbonyl (C=O) groups excluding carboxylic acids is 4. The molecular formula is C22H25NO10. The number of nitrogens with zero attached hydrogens (tertiary/aromatic N) is 1. The van der Waals surface area contributed by atoms with Gasteiger partial charge in [0, 0.05) is 6.07 Å². The Morgan fingerprint density at radius 3 is 1.52 bits per heavy atom. The van der Waals surface area contributed by atoms with Crippen molar-refractivity contribution in [2.24, 2.45) is 0 Å². The molecule has 0 aliphatic rings. The summed E-state index contributed by atoms with van der Waals surface area (Å²) in [6.45, 7) is 6.11. The number of hydrogen-bond acceptors (Lipinski definition) is 10. The summed E-state index contributed by atoms with van der Waals surface area (Å²) in [6, 6.07) is 3.59. The highest BCUT2D eigenvalue weighted by atomic mass is 16.6. The van der Waals surface area contributed by atoms with Crippen LogP contribution in [-0.2, 0) is 38.1 Å². The lowest BCUT2D eigenvalue weighted by atomic mass is 10.0. The molecule has 0 unspecified atom stereocenters. The summed E-state index contributed by atoms with van der Waals surface area (Å²) >= 11 is 0. The summed E-state index contributed by atoms with van der Waals surface area (Å²) in [5.41, 5.74) is -1.41. The minimum Gasteiger partial charge on any atom is -0.462 e. The minimum absolute atomic E-state index is 0.00622. The Hall–Kier alpha value is -4.02. The van der Waals surface area contributed by atoms with Gasteiger partial charge in [-0.3, -0.25) is 10.1 Å². The highest BCUT2D eigenvalue weighted by Crippen LogP contribution is 2.25. The molecule has 0 spiro atoms. The molecule has 0 aromatic heterocycles. The Morgan fingerprint density at radius 1 is 0.758 bits per heavy atom. The van der Waals surface area contributed by atoms with Gasteiger partial charge in [-0.2, -0.15) is 0 Å². The van der Waals surface area contributed by atoms with E-state index in [2.05, 4.69) is 0 Å². The third-order valence-corrected chi connectivity index (χ3v) is 3.84. The lowest BCUT2D eigenvalue weighted by molar-refractivity contribution is -0.385. The fraction of sp³-hybridized carbons (Fsp3) is 0.364. The summed E-state index contributed by atoms with van der Waals surface area (Å²) in [5.74, 6) is -3.93. The second-order valence-corrected chi connectivity index (χ2v) is 6.07. The van der Waals surface area contributed by atoms with E-state index in [9.17, 15) is 29.3 Å². The summed E-state index contributed by atoms with van der Waals surface area (Å²) < 4.78 is 19.4. The van der Waals surface area contributed by atoms with Crippen molar-refractivity contribution < 1.29 is 43.0 Å². The molecule has 0 heterocycles. The molecule has 0 radical (unpaired) electrons. The van der Waals surface area contributed by atoms with Crippen molar-refractivity contribution in [3.63, 3.8) is 0 Å². The Bertz CT molecular complexity index is 937. The van der Waals surface area contributed by atoms with Crippen LogP contribution in [0.2, 0.25) is 0 Å². The summed E-state index contributed by atoms with van der Waals surface area (Å²) in [4.78, 5) is 59.6. The van der Waals surface area contributed by atoms with E-state index in [-0.39, 0.29) is 37.6 Å². The summed E-state index contributed by atoms with van der Waals surface area (Å²) in [5, 5.41) is 11.5. The lowest BCUT2D eigenvalue weighted by Crippen LogP contribution is -2.18. The fourth-order valence-corrected chi connectivity index (χ4v) is 2.50. The second-order valence-electron chi connectivity index (χ2n) is 6.07. The van der Waals surface area contributed by atoms with Crippen molar-refractivity contribution in [1.29, 1.82) is 0 Å². The molecule has 11 nitrogen and oxygen atoms in total. The van der Waals surface area contributed by atoms with E-state index in [1.54, 1.807) is 13.8 Å². The first-order chi connectivity index (χ1) is 15.7. The Labute approximate surface area is 190 Å². The van der Waals surface area contributed by atoms with Crippen LogP contribution in [0, 0.1) is 10.1 Å². The zero-order chi connectivity index (χ0) is 25.0. The van der Waals surface area contributed by atoms with Gasteiger partial charge in [-0.15, -0.1) is 0 Å². The Morgan fingerprint density at radius 2 is 1.15 bits per heavy atom. The normalized spacial score (nSPS) is 9.82. The van der Waals surface area contributed by atoms with Crippen LogP contribution in [0.4, 0.5) is 5.69 Å². The van der Waals surface area contributed by atoms with Crippen LogP contribution in [0.25, 0.3) is 12.2 Å². The second kappa shape index (κ2) is 13.4. The number of nitro benzene ring substituents is 1. The van der Waals surface area contributed by atoms with Gasteiger partial charge in [-0.05, 0) is 57.5 Å². The van der Waals surface area contributed by atoms with Gasteiger partial charge in [0.25, 0.3) is 5.69 Å². The molecule has 1 aromatic carbocycles. The molecule has 0 aliphatic carbocycles. The zero-order valence-electron chi connectivity index (χ0n) is 18.7. The van der Waals surface area contributed by atoms with Crippen molar-refractivity contribution in [2.45, 2.75) is 27.7 Å². The molecule has 11 heteroatoms. The average molecular weight is 463 g/mol. The smallest absolute Gasteiger partial charge is 0.345 e. The minimum atomic E-state index is -1.02. The molecule has 1 rings (SSSR count). The largest absolute Gasteiger partial charge is 0.462 e. The van der Waals surface area contributed by atoms with Crippen LogP contribution in [0.3, 0.4) is 0 Å². The van der Waals surface area contributed by atoms with Crippen LogP contribution in [0.5, 0.6) is 0 Å². The topological polar surface area (TPSA) is 148 Å². The number of benzene rings is 1.